The minimum Gasteiger partial charge on any atom is -0.661 e. The van der Waals surface area contributed by atoms with E-state index in [1.54, 1.807) is 11.8 Å². The number of nitrogens with two attached hydrogens (primary N) is 1. The van der Waals surface area contributed by atoms with Crippen molar-refractivity contribution in [2.24, 2.45) is 5.73 Å². The summed E-state index contributed by atoms with van der Waals surface area (Å²) in [7, 11) is 1.50. The Balaban J connectivity index is 0.00000155. The molecule has 0 aliphatic rings. The molecule has 2 N–H and O–H groups in total. The molecule has 2 aromatic carbocycles. The summed E-state index contributed by atoms with van der Waals surface area (Å²) in [6.07, 6.45) is 0. The molecule has 0 aromatic heterocycles. The van der Waals surface area contributed by atoms with Gasteiger partial charge in [0.05, 0.1) is 0 Å². The first kappa shape index (κ1) is 22.8. The van der Waals surface area contributed by atoms with Gasteiger partial charge in [-0.1, -0.05) is 43.3 Å². The summed E-state index contributed by atoms with van der Waals surface area (Å²) in [6, 6.07) is 14.6. The maximum atomic E-state index is 4.51. The van der Waals surface area contributed by atoms with E-state index in [1.165, 1.54) is 23.1 Å². The molecule has 0 heterocycles. The number of hydrogen-bond acceptors (Lipinski definition) is 2. The quantitative estimate of drug-likeness (QED) is 0.618. The molecule has 0 saturated heterocycles. The van der Waals surface area contributed by atoms with Crippen LogP contribution >= 0.6 is 27.7 Å². The van der Waals surface area contributed by atoms with Gasteiger partial charge in [-0.05, 0) is 47.1 Å². The Morgan fingerprint density at radius 3 is 2.43 bits per heavy atom. The van der Waals surface area contributed by atoms with Crippen LogP contribution in [0.5, 0.6) is 0 Å². The molecule has 0 aliphatic heterocycles. The predicted molar refractivity (Wildman–Crippen MR) is 103 cm³/mol. The van der Waals surface area contributed by atoms with Crippen LogP contribution in [-0.4, -0.2) is 7.05 Å². The molecule has 0 unspecified atom stereocenters. The first-order valence-corrected chi connectivity index (χ1v) is 8.76. The Hall–Kier alpha value is -0.230. The van der Waals surface area contributed by atoms with Crippen molar-refractivity contribution in [2.45, 2.75) is 24.5 Å². The summed E-state index contributed by atoms with van der Waals surface area (Å²) in [4.78, 5) is 1.17. The van der Waals surface area contributed by atoms with Gasteiger partial charge in [-0.25, -0.2) is 0 Å². The van der Waals surface area contributed by atoms with E-state index in [0.717, 1.165) is 21.6 Å². The molecule has 2 nitrogen and oxygen atoms in total. The third kappa shape index (κ3) is 7.46. The fourth-order valence-electron chi connectivity index (χ4n) is 1.86. The normalized spacial score (nSPS) is 9.26. The van der Waals surface area contributed by atoms with Crippen molar-refractivity contribution in [3.8, 4) is 0 Å². The van der Waals surface area contributed by atoms with Gasteiger partial charge in [0.25, 0.3) is 0 Å². The molecule has 0 fully saturated rings. The Labute approximate surface area is 174 Å². The number of allylic oxidation sites excluding steroid dienone is 1. The first-order chi connectivity index (χ1) is 10.6. The van der Waals surface area contributed by atoms with Gasteiger partial charge in [-0.3, -0.25) is 0 Å². The first-order valence-electron chi connectivity index (χ1n) is 6.98. The van der Waals surface area contributed by atoms with Gasteiger partial charge in [-0.2, -0.15) is 5.70 Å². The summed E-state index contributed by atoms with van der Waals surface area (Å²) >= 11 is 5.42. The molecule has 5 heteroatoms. The topological polar surface area (TPSA) is 40.1 Å². The van der Waals surface area contributed by atoms with Crippen LogP contribution in [0, 0.1) is 6.92 Å². The number of thioether (sulfide) groups is 1. The number of nitrogens with zero attached hydrogens (tertiary/aromatic N) is 1. The summed E-state index contributed by atoms with van der Waals surface area (Å²) in [5, 5.41) is 4.51. The molecule has 0 bridgehead atoms. The monoisotopic (exact) mass is 400 g/mol. The van der Waals surface area contributed by atoms with Crippen molar-refractivity contribution >= 4 is 33.4 Å². The molecule has 2 aromatic rings. The number of rotatable bonds is 5. The molecular weight excluding hydrogens is 379 g/mol. The second-order valence-corrected chi connectivity index (χ2v) is 6.49. The zero-order valence-electron chi connectivity index (χ0n) is 14.3. The standard InChI is InChI=1S/C17H17BrNS.CH5N.Na/c1-12(2)19-16-10-6-9-15(18)17(16)20-11-14-8-5-4-7-13(14)3;1-2;/h4-10H,1,11H2,2-3H3;2H2,1H3;/q-1;;+1. The maximum Gasteiger partial charge on any atom is 1.00 e. The third-order valence-electron chi connectivity index (χ3n) is 2.89. The smallest absolute Gasteiger partial charge is 0.661 e. The minimum atomic E-state index is 0. The molecule has 118 valence electrons. The maximum absolute atomic E-state index is 4.51. The Bertz CT molecular complexity index is 632. The molecule has 23 heavy (non-hydrogen) atoms. The summed E-state index contributed by atoms with van der Waals surface area (Å²) < 4.78 is 1.08. The molecule has 0 atom stereocenters. The van der Waals surface area contributed by atoms with Gasteiger partial charge in [0.15, 0.2) is 0 Å². The second kappa shape index (κ2) is 12.2. The summed E-state index contributed by atoms with van der Waals surface area (Å²) in [6.45, 7) is 7.92. The SMILES string of the molecule is C=C(C)[N-]c1cccc(Br)c1SCc1ccccc1C.CN.[Na+]. The molecule has 0 amide bonds. The van der Waals surface area contributed by atoms with E-state index in [4.69, 9.17) is 0 Å². The average molecular weight is 401 g/mol. The van der Waals surface area contributed by atoms with Crippen molar-refractivity contribution in [1.82, 2.24) is 0 Å². The number of halogens is 1. The zero-order chi connectivity index (χ0) is 16.5. The molecule has 0 radical (unpaired) electrons. The van der Waals surface area contributed by atoms with Crippen LogP contribution in [0.25, 0.3) is 5.32 Å². The van der Waals surface area contributed by atoms with Crippen LogP contribution in [0.15, 0.2) is 64.1 Å². The van der Waals surface area contributed by atoms with Crippen LogP contribution < -0.4 is 35.3 Å². The second-order valence-electron chi connectivity index (χ2n) is 4.65. The van der Waals surface area contributed by atoms with Gasteiger partial charge >= 0.3 is 29.6 Å². The average Bonchev–Trinajstić information content (AvgIpc) is 2.50. The van der Waals surface area contributed by atoms with Crippen LogP contribution in [0.3, 0.4) is 0 Å². The molecule has 2 rings (SSSR count). The fraction of sp³-hybridized carbons (Fsp3) is 0.222. The van der Waals surface area contributed by atoms with E-state index < -0.39 is 0 Å². The fourth-order valence-corrected chi connectivity index (χ4v) is 3.65. The molecular formula is C18H22BrN2NaS. The largest absolute Gasteiger partial charge is 1.00 e. The van der Waals surface area contributed by atoms with Crippen LogP contribution in [0.2, 0.25) is 0 Å². The number of benzene rings is 2. The molecule has 0 saturated carbocycles. The van der Waals surface area contributed by atoms with E-state index in [1.807, 2.05) is 19.1 Å². The van der Waals surface area contributed by atoms with Gasteiger partial charge < -0.3 is 11.1 Å². The summed E-state index contributed by atoms with van der Waals surface area (Å²) in [5.41, 5.74) is 8.98. The minimum absolute atomic E-state index is 0. The van der Waals surface area contributed by atoms with Gasteiger partial charge in [0.1, 0.15) is 0 Å². The molecule has 0 aliphatic carbocycles. The van der Waals surface area contributed by atoms with Crippen LogP contribution in [-0.2, 0) is 5.75 Å². The Morgan fingerprint density at radius 2 is 1.83 bits per heavy atom. The Morgan fingerprint density at radius 1 is 1.17 bits per heavy atom. The predicted octanol–water partition coefficient (Wildman–Crippen LogP) is 3.17. The van der Waals surface area contributed by atoms with Crippen molar-refractivity contribution in [2.75, 3.05) is 7.05 Å². The number of aryl methyl sites for hydroxylation is 1. The van der Waals surface area contributed by atoms with Crippen LogP contribution in [0.1, 0.15) is 18.1 Å². The van der Waals surface area contributed by atoms with Crippen molar-refractivity contribution in [3.63, 3.8) is 0 Å². The van der Waals surface area contributed by atoms with Gasteiger partial charge in [-0.15, -0.1) is 24.0 Å². The van der Waals surface area contributed by atoms with E-state index >= 15 is 0 Å². The van der Waals surface area contributed by atoms with Crippen molar-refractivity contribution in [1.29, 1.82) is 0 Å². The third-order valence-corrected chi connectivity index (χ3v) is 4.99. The van der Waals surface area contributed by atoms with Gasteiger partial charge in [0, 0.05) is 15.1 Å². The molecule has 0 spiro atoms. The van der Waals surface area contributed by atoms with E-state index in [0.29, 0.717) is 0 Å². The number of hydrogen-bond donors (Lipinski definition) is 1. The zero-order valence-corrected chi connectivity index (χ0v) is 18.7. The van der Waals surface area contributed by atoms with E-state index in [-0.39, 0.29) is 29.6 Å². The van der Waals surface area contributed by atoms with E-state index in [2.05, 4.69) is 70.8 Å². The Kier molecular flexibility index (Phi) is 12.1. The van der Waals surface area contributed by atoms with E-state index in [9.17, 15) is 0 Å². The van der Waals surface area contributed by atoms with Crippen molar-refractivity contribution < 1.29 is 29.6 Å². The van der Waals surface area contributed by atoms with Gasteiger partial charge in [0.2, 0.25) is 0 Å². The van der Waals surface area contributed by atoms with Crippen LogP contribution in [0.4, 0.5) is 5.69 Å². The summed E-state index contributed by atoms with van der Waals surface area (Å²) in [5.74, 6) is 0.938. The van der Waals surface area contributed by atoms with Crippen molar-refractivity contribution in [3.05, 3.63) is 75.7 Å².